The molecule has 2 N–H and O–H groups in total. The molecule has 1 rings (SSSR count). The first-order chi connectivity index (χ1) is 6.56. The molecular weight excluding hydrogens is 184 g/mol. The number of carbonyl (C=O) groups is 1. The molecule has 0 aliphatic carbocycles. The van der Waals surface area contributed by atoms with Crippen LogP contribution in [-0.2, 0) is 0 Å². The monoisotopic (exact) mass is 198 g/mol. The van der Waals surface area contributed by atoms with Crippen LogP contribution in [0.4, 0.5) is 0 Å². The third kappa shape index (κ3) is 2.11. The molecule has 1 heterocycles. The molecule has 1 amide bonds. The van der Waals surface area contributed by atoms with Gasteiger partial charge in [0.1, 0.15) is 11.3 Å². The average Bonchev–Trinajstić information content (AvgIpc) is 2.46. The van der Waals surface area contributed by atoms with Crippen molar-refractivity contribution >= 4 is 5.91 Å². The Morgan fingerprint density at radius 2 is 2.29 bits per heavy atom. The van der Waals surface area contributed by atoms with Crippen LogP contribution in [0.2, 0.25) is 0 Å². The fourth-order valence-electron chi connectivity index (χ4n) is 1.15. The number of rotatable bonds is 3. The number of aliphatic hydroxyl groups excluding tert-OH is 1. The molecule has 5 heteroatoms. The standard InChI is InChI=1S/C9H14N2O3/c1-5(4-12)10-9(13)8-6(2)11-14-7(8)3/h5,12H,4H2,1-3H3,(H,10,13). The van der Waals surface area contributed by atoms with E-state index in [1.54, 1.807) is 20.8 Å². The second kappa shape index (κ2) is 4.23. The molecule has 0 bridgehead atoms. The van der Waals surface area contributed by atoms with Crippen molar-refractivity contribution in [1.29, 1.82) is 0 Å². The normalized spacial score (nSPS) is 12.6. The predicted octanol–water partition coefficient (Wildman–Crippen LogP) is 0.402. The number of hydrogen-bond donors (Lipinski definition) is 2. The molecule has 1 aromatic heterocycles. The molecule has 14 heavy (non-hydrogen) atoms. The second-order valence-electron chi connectivity index (χ2n) is 3.26. The van der Waals surface area contributed by atoms with Crippen LogP contribution in [-0.4, -0.2) is 28.8 Å². The quantitative estimate of drug-likeness (QED) is 0.737. The smallest absolute Gasteiger partial charge is 0.257 e. The van der Waals surface area contributed by atoms with Crippen LogP contribution in [0, 0.1) is 13.8 Å². The molecule has 5 nitrogen and oxygen atoms in total. The minimum absolute atomic E-state index is 0.0882. The van der Waals surface area contributed by atoms with Gasteiger partial charge in [-0.05, 0) is 20.8 Å². The Kier molecular flexibility index (Phi) is 3.24. The number of hydrogen-bond acceptors (Lipinski definition) is 4. The third-order valence-electron chi connectivity index (χ3n) is 1.91. The van der Waals surface area contributed by atoms with Gasteiger partial charge in [-0.1, -0.05) is 5.16 Å². The molecule has 1 atom stereocenters. The van der Waals surface area contributed by atoms with Gasteiger partial charge in [-0.15, -0.1) is 0 Å². The lowest BCUT2D eigenvalue weighted by Crippen LogP contribution is -2.35. The highest BCUT2D eigenvalue weighted by molar-refractivity contribution is 5.96. The van der Waals surface area contributed by atoms with Gasteiger partial charge in [0, 0.05) is 6.04 Å². The minimum Gasteiger partial charge on any atom is -0.394 e. The molecular formula is C9H14N2O3. The molecule has 0 aliphatic heterocycles. The van der Waals surface area contributed by atoms with Crippen molar-refractivity contribution in [1.82, 2.24) is 10.5 Å². The summed E-state index contributed by atoms with van der Waals surface area (Å²) in [5.41, 5.74) is 1.01. The molecule has 0 aromatic carbocycles. The van der Waals surface area contributed by atoms with E-state index in [0.717, 1.165) is 0 Å². The van der Waals surface area contributed by atoms with E-state index in [1.165, 1.54) is 0 Å². The van der Waals surface area contributed by atoms with Crippen molar-refractivity contribution < 1.29 is 14.4 Å². The number of aromatic nitrogens is 1. The van der Waals surface area contributed by atoms with Gasteiger partial charge in [0.15, 0.2) is 0 Å². The fraction of sp³-hybridized carbons (Fsp3) is 0.556. The molecule has 0 saturated heterocycles. The first-order valence-corrected chi connectivity index (χ1v) is 4.40. The largest absolute Gasteiger partial charge is 0.394 e. The summed E-state index contributed by atoms with van der Waals surface area (Å²) >= 11 is 0. The number of amides is 1. The maximum Gasteiger partial charge on any atom is 0.257 e. The summed E-state index contributed by atoms with van der Waals surface area (Å²) in [6.07, 6.45) is 0. The van der Waals surface area contributed by atoms with E-state index in [0.29, 0.717) is 17.0 Å². The van der Waals surface area contributed by atoms with Crippen molar-refractivity contribution in [3.8, 4) is 0 Å². The Hall–Kier alpha value is -1.36. The lowest BCUT2D eigenvalue weighted by Gasteiger charge is -2.09. The van der Waals surface area contributed by atoms with Crippen LogP contribution in [0.1, 0.15) is 28.7 Å². The Morgan fingerprint density at radius 1 is 1.64 bits per heavy atom. The summed E-state index contributed by atoms with van der Waals surface area (Å²) in [5, 5.41) is 15.1. The first-order valence-electron chi connectivity index (χ1n) is 4.40. The Morgan fingerprint density at radius 3 is 2.71 bits per heavy atom. The second-order valence-corrected chi connectivity index (χ2v) is 3.26. The molecule has 0 fully saturated rings. The van der Waals surface area contributed by atoms with Gasteiger partial charge >= 0.3 is 0 Å². The lowest BCUT2D eigenvalue weighted by molar-refractivity contribution is 0.0920. The van der Waals surface area contributed by atoms with Crippen LogP contribution in [0.3, 0.4) is 0 Å². The zero-order valence-electron chi connectivity index (χ0n) is 8.50. The van der Waals surface area contributed by atoms with E-state index < -0.39 is 0 Å². The maximum absolute atomic E-state index is 11.6. The number of carbonyl (C=O) groups excluding carboxylic acids is 1. The molecule has 0 radical (unpaired) electrons. The van der Waals surface area contributed by atoms with Crippen LogP contribution >= 0.6 is 0 Å². The maximum atomic E-state index is 11.6. The Bertz CT molecular complexity index is 313. The molecule has 1 aromatic rings. The lowest BCUT2D eigenvalue weighted by atomic mass is 10.2. The van der Waals surface area contributed by atoms with Crippen LogP contribution in [0.25, 0.3) is 0 Å². The fourth-order valence-corrected chi connectivity index (χ4v) is 1.15. The minimum atomic E-state index is -0.267. The highest BCUT2D eigenvalue weighted by Crippen LogP contribution is 2.11. The highest BCUT2D eigenvalue weighted by Gasteiger charge is 2.18. The zero-order chi connectivity index (χ0) is 10.7. The highest BCUT2D eigenvalue weighted by atomic mass is 16.5. The molecule has 1 unspecified atom stereocenters. The van der Waals surface area contributed by atoms with E-state index in [9.17, 15) is 4.79 Å². The predicted molar refractivity (Wildman–Crippen MR) is 50.0 cm³/mol. The van der Waals surface area contributed by atoms with Gasteiger partial charge in [-0.25, -0.2) is 0 Å². The molecule has 0 aliphatic rings. The van der Waals surface area contributed by atoms with Crippen LogP contribution in [0.5, 0.6) is 0 Å². The molecule has 0 spiro atoms. The van der Waals surface area contributed by atoms with E-state index in [-0.39, 0.29) is 18.6 Å². The van der Waals surface area contributed by atoms with Crippen LogP contribution in [0.15, 0.2) is 4.52 Å². The summed E-state index contributed by atoms with van der Waals surface area (Å²) < 4.78 is 4.86. The number of nitrogens with zero attached hydrogens (tertiary/aromatic N) is 1. The van der Waals surface area contributed by atoms with Gasteiger partial charge in [0.25, 0.3) is 5.91 Å². The summed E-state index contributed by atoms with van der Waals surface area (Å²) in [6.45, 7) is 5.01. The number of aryl methyl sites for hydroxylation is 2. The van der Waals surface area contributed by atoms with Gasteiger partial charge < -0.3 is 14.9 Å². The number of nitrogens with one attached hydrogen (secondary N) is 1. The third-order valence-corrected chi connectivity index (χ3v) is 1.91. The number of aliphatic hydroxyl groups is 1. The van der Waals surface area contributed by atoms with Gasteiger partial charge in [-0.2, -0.15) is 0 Å². The van der Waals surface area contributed by atoms with Crippen molar-refractivity contribution in [3.63, 3.8) is 0 Å². The van der Waals surface area contributed by atoms with Gasteiger partial charge in [0.2, 0.25) is 0 Å². The average molecular weight is 198 g/mol. The Balaban J connectivity index is 2.79. The molecule has 78 valence electrons. The van der Waals surface area contributed by atoms with Crippen molar-refractivity contribution in [2.24, 2.45) is 0 Å². The summed E-state index contributed by atoms with van der Waals surface area (Å²) in [4.78, 5) is 11.6. The van der Waals surface area contributed by atoms with E-state index >= 15 is 0 Å². The van der Waals surface area contributed by atoms with Crippen molar-refractivity contribution in [2.45, 2.75) is 26.8 Å². The van der Waals surface area contributed by atoms with Crippen molar-refractivity contribution in [3.05, 3.63) is 17.0 Å². The topological polar surface area (TPSA) is 75.4 Å². The first kappa shape index (κ1) is 10.7. The van der Waals surface area contributed by atoms with Gasteiger partial charge in [0.05, 0.1) is 12.3 Å². The van der Waals surface area contributed by atoms with E-state index in [2.05, 4.69) is 10.5 Å². The van der Waals surface area contributed by atoms with Gasteiger partial charge in [-0.3, -0.25) is 4.79 Å². The SMILES string of the molecule is Cc1noc(C)c1C(=O)NC(C)CO. The summed E-state index contributed by atoms with van der Waals surface area (Å²) in [5.74, 6) is 0.230. The summed E-state index contributed by atoms with van der Waals surface area (Å²) in [7, 11) is 0. The van der Waals surface area contributed by atoms with E-state index in [4.69, 9.17) is 9.63 Å². The Labute approximate surface area is 82.1 Å². The van der Waals surface area contributed by atoms with E-state index in [1.807, 2.05) is 0 Å². The van der Waals surface area contributed by atoms with Crippen molar-refractivity contribution in [2.75, 3.05) is 6.61 Å². The molecule has 0 saturated carbocycles. The zero-order valence-corrected chi connectivity index (χ0v) is 8.50. The van der Waals surface area contributed by atoms with Crippen LogP contribution < -0.4 is 5.32 Å². The summed E-state index contributed by atoms with van der Waals surface area (Å²) in [6, 6.07) is -0.267.